The van der Waals surface area contributed by atoms with Crippen molar-refractivity contribution in [3.05, 3.63) is 52.1 Å². The number of benzene rings is 1. The Morgan fingerprint density at radius 1 is 1.05 bits per heavy atom. The summed E-state index contributed by atoms with van der Waals surface area (Å²) in [5.74, 6) is -0.688. The normalized spacial score (nSPS) is 14.9. The molecule has 202 valence electrons. The number of hydrogen-bond acceptors (Lipinski definition) is 3. The van der Waals surface area contributed by atoms with Crippen LogP contribution < -0.4 is 5.32 Å². The molecule has 1 N–H and O–H groups in total. The number of aromatic nitrogens is 1. The van der Waals surface area contributed by atoms with E-state index in [9.17, 15) is 14.0 Å². The van der Waals surface area contributed by atoms with Crippen molar-refractivity contribution in [2.45, 2.75) is 80.3 Å². The van der Waals surface area contributed by atoms with E-state index in [1.54, 1.807) is 6.07 Å². The molecule has 0 atom stereocenters. The van der Waals surface area contributed by atoms with Gasteiger partial charge in [0, 0.05) is 46.8 Å². The van der Waals surface area contributed by atoms with E-state index in [-0.39, 0.29) is 22.9 Å². The maximum absolute atomic E-state index is 14.2. The first-order valence-electron chi connectivity index (χ1n) is 13.2. The summed E-state index contributed by atoms with van der Waals surface area (Å²) in [4.78, 5) is 31.4. The smallest absolute Gasteiger partial charge is 0.256 e. The molecule has 0 spiro atoms. The molecule has 2 aromatic rings. The van der Waals surface area contributed by atoms with Gasteiger partial charge in [0.15, 0.2) is 0 Å². The van der Waals surface area contributed by atoms with Gasteiger partial charge in [0.1, 0.15) is 5.82 Å². The van der Waals surface area contributed by atoms with Crippen LogP contribution in [0.4, 0.5) is 10.1 Å². The van der Waals surface area contributed by atoms with Crippen molar-refractivity contribution in [2.24, 2.45) is 0 Å². The van der Waals surface area contributed by atoms with E-state index in [1.807, 2.05) is 24.8 Å². The summed E-state index contributed by atoms with van der Waals surface area (Å²) < 4.78 is 16.2. The van der Waals surface area contributed by atoms with Gasteiger partial charge < -0.3 is 19.7 Å². The predicted molar refractivity (Wildman–Crippen MR) is 150 cm³/mol. The summed E-state index contributed by atoms with van der Waals surface area (Å²) in [5.41, 5.74) is 3.92. The molecule has 0 unspecified atom stereocenters. The summed E-state index contributed by atoms with van der Waals surface area (Å²) in [6.45, 7) is 23.9. The zero-order chi connectivity index (χ0) is 27.9. The molecule has 1 aliphatic rings. The first-order chi connectivity index (χ1) is 17.1. The van der Waals surface area contributed by atoms with Gasteiger partial charge in [-0.25, -0.2) is 4.39 Å². The Labute approximate surface area is 221 Å². The molecule has 0 aliphatic carbocycles. The molecule has 7 heteroatoms. The molecule has 3 rings (SSSR count). The molecule has 1 aromatic carbocycles. The number of amides is 2. The SMILES string of the molecule is CCN(CC)CCN(C(=O)c1c(C)c(/C=C2\C(=O)Nc3ccc(F)cc32)n(C(C)(C)C)c1C)C(C)(C)C. The van der Waals surface area contributed by atoms with Gasteiger partial charge in [-0.3, -0.25) is 9.59 Å². The van der Waals surface area contributed by atoms with Crippen LogP contribution in [0.5, 0.6) is 0 Å². The van der Waals surface area contributed by atoms with Crippen LogP contribution in [0.25, 0.3) is 11.6 Å². The van der Waals surface area contributed by atoms with Crippen molar-refractivity contribution in [1.82, 2.24) is 14.4 Å². The minimum atomic E-state index is -0.398. The van der Waals surface area contributed by atoms with E-state index in [4.69, 9.17) is 0 Å². The van der Waals surface area contributed by atoms with Crippen molar-refractivity contribution in [3.8, 4) is 0 Å². The molecule has 0 fully saturated rings. The fourth-order valence-corrected chi connectivity index (χ4v) is 5.31. The number of carbonyl (C=O) groups is 2. The summed E-state index contributed by atoms with van der Waals surface area (Å²) in [5, 5.41) is 2.83. The van der Waals surface area contributed by atoms with Gasteiger partial charge in [-0.15, -0.1) is 0 Å². The zero-order valence-electron chi connectivity index (χ0n) is 24.2. The van der Waals surface area contributed by atoms with Gasteiger partial charge in [0.05, 0.1) is 11.1 Å². The molecule has 0 bridgehead atoms. The lowest BCUT2D eigenvalue weighted by Crippen LogP contribution is -2.49. The largest absolute Gasteiger partial charge is 0.339 e. The lowest BCUT2D eigenvalue weighted by molar-refractivity contribution is -0.110. The Hall–Kier alpha value is -2.93. The second kappa shape index (κ2) is 10.4. The highest BCUT2D eigenvalue weighted by molar-refractivity contribution is 6.35. The number of rotatable bonds is 7. The van der Waals surface area contributed by atoms with Crippen LogP contribution in [-0.2, 0) is 10.3 Å². The number of hydrogen-bond donors (Lipinski definition) is 1. The zero-order valence-corrected chi connectivity index (χ0v) is 24.2. The van der Waals surface area contributed by atoms with Crippen LogP contribution >= 0.6 is 0 Å². The predicted octanol–water partition coefficient (Wildman–Crippen LogP) is 6.07. The van der Waals surface area contributed by atoms with Gasteiger partial charge in [0.2, 0.25) is 0 Å². The number of likely N-dealkylation sites (N-methyl/N-ethyl adjacent to an activating group) is 1. The molecule has 1 aliphatic heterocycles. The first kappa shape index (κ1) is 28.6. The third kappa shape index (κ3) is 5.66. The highest BCUT2D eigenvalue weighted by atomic mass is 19.1. The topological polar surface area (TPSA) is 57.6 Å². The van der Waals surface area contributed by atoms with E-state index in [0.29, 0.717) is 28.9 Å². The summed E-state index contributed by atoms with van der Waals surface area (Å²) in [6.07, 6.45) is 1.81. The van der Waals surface area contributed by atoms with Gasteiger partial charge >= 0.3 is 0 Å². The summed E-state index contributed by atoms with van der Waals surface area (Å²) in [6, 6.07) is 4.30. The molecule has 0 saturated heterocycles. The molecule has 2 amide bonds. The van der Waals surface area contributed by atoms with Crippen LogP contribution in [-0.4, -0.2) is 57.9 Å². The van der Waals surface area contributed by atoms with E-state index in [2.05, 4.69) is 70.2 Å². The molecule has 6 nitrogen and oxygen atoms in total. The van der Waals surface area contributed by atoms with E-state index < -0.39 is 5.82 Å². The van der Waals surface area contributed by atoms with Crippen LogP contribution in [0.3, 0.4) is 0 Å². The van der Waals surface area contributed by atoms with Crippen molar-refractivity contribution in [1.29, 1.82) is 0 Å². The fraction of sp³-hybridized carbons (Fsp3) is 0.533. The minimum Gasteiger partial charge on any atom is -0.339 e. The quantitative estimate of drug-likeness (QED) is 0.460. The number of anilines is 1. The molecule has 0 saturated carbocycles. The van der Waals surface area contributed by atoms with E-state index >= 15 is 0 Å². The molecular weight excluding hydrogens is 467 g/mol. The Morgan fingerprint density at radius 2 is 1.68 bits per heavy atom. The number of fused-ring (bicyclic) bond motifs is 1. The van der Waals surface area contributed by atoms with Gasteiger partial charge in [-0.05, 0) is 98.3 Å². The Bertz CT molecular complexity index is 1220. The molecule has 0 radical (unpaired) electrons. The van der Waals surface area contributed by atoms with Gasteiger partial charge in [-0.1, -0.05) is 13.8 Å². The molecule has 2 heterocycles. The van der Waals surface area contributed by atoms with Crippen molar-refractivity contribution in [2.75, 3.05) is 31.5 Å². The third-order valence-electron chi connectivity index (χ3n) is 7.22. The Kier molecular flexibility index (Phi) is 8.08. The van der Waals surface area contributed by atoms with Crippen LogP contribution in [0.2, 0.25) is 0 Å². The standard InChI is InChI=1S/C30H43FN4O2/c1-11-33(12-2)15-16-34(29(5,6)7)28(37)26-19(3)25(35(20(26)4)30(8,9)10)18-23-22-17-21(31)13-14-24(22)32-27(23)36/h13-14,17-18H,11-12,15-16H2,1-10H3,(H,32,36)/b23-18-. The molecule has 37 heavy (non-hydrogen) atoms. The average Bonchev–Trinajstić information content (AvgIpc) is 3.22. The van der Waals surface area contributed by atoms with Crippen LogP contribution in [0.1, 0.15) is 88.3 Å². The number of halogens is 1. The molecular formula is C30H43FN4O2. The Morgan fingerprint density at radius 3 is 2.22 bits per heavy atom. The third-order valence-corrected chi connectivity index (χ3v) is 7.22. The summed E-state index contributed by atoms with van der Waals surface area (Å²) >= 11 is 0. The van der Waals surface area contributed by atoms with Crippen LogP contribution in [0.15, 0.2) is 18.2 Å². The highest BCUT2D eigenvalue weighted by Crippen LogP contribution is 2.37. The Balaban J connectivity index is 2.18. The molecule has 1 aromatic heterocycles. The number of nitrogens with one attached hydrogen (secondary N) is 1. The van der Waals surface area contributed by atoms with Gasteiger partial charge in [0.25, 0.3) is 11.8 Å². The summed E-state index contributed by atoms with van der Waals surface area (Å²) in [7, 11) is 0. The lowest BCUT2D eigenvalue weighted by Gasteiger charge is -2.37. The first-order valence-corrected chi connectivity index (χ1v) is 13.2. The van der Waals surface area contributed by atoms with Crippen molar-refractivity contribution < 1.29 is 14.0 Å². The van der Waals surface area contributed by atoms with Crippen molar-refractivity contribution in [3.63, 3.8) is 0 Å². The van der Waals surface area contributed by atoms with Crippen molar-refractivity contribution >= 4 is 29.2 Å². The maximum Gasteiger partial charge on any atom is 0.256 e. The van der Waals surface area contributed by atoms with E-state index in [0.717, 1.165) is 36.6 Å². The highest BCUT2D eigenvalue weighted by Gasteiger charge is 2.34. The van der Waals surface area contributed by atoms with E-state index in [1.165, 1.54) is 12.1 Å². The van der Waals surface area contributed by atoms with Gasteiger partial charge in [-0.2, -0.15) is 0 Å². The average molecular weight is 511 g/mol. The maximum atomic E-state index is 14.2. The number of nitrogens with zero attached hydrogens (tertiary/aromatic N) is 3. The second-order valence-electron chi connectivity index (χ2n) is 11.8. The van der Waals surface area contributed by atoms with Crippen LogP contribution in [0, 0.1) is 19.7 Å². The lowest BCUT2D eigenvalue weighted by atomic mass is 10.0. The monoisotopic (exact) mass is 510 g/mol. The second-order valence-corrected chi connectivity index (χ2v) is 11.8. The fourth-order valence-electron chi connectivity index (χ4n) is 5.31. The number of carbonyl (C=O) groups excluding carboxylic acids is 2. The minimum absolute atomic E-state index is 0.0142.